The number of carbonyl (C=O) groups is 2. The van der Waals surface area contributed by atoms with E-state index in [0.717, 1.165) is 25.7 Å². The summed E-state index contributed by atoms with van der Waals surface area (Å²) >= 11 is 0. The zero-order valence-corrected chi connectivity index (χ0v) is 20.5. The Hall–Kier alpha value is -1.32. The molecule has 4 heteroatoms. The third kappa shape index (κ3) is 3.47. The highest BCUT2D eigenvalue weighted by atomic mass is 16.4. The van der Waals surface area contributed by atoms with Crippen LogP contribution in [-0.2, 0) is 9.59 Å². The van der Waals surface area contributed by atoms with Crippen molar-refractivity contribution in [1.82, 2.24) is 4.90 Å². The third-order valence-corrected chi connectivity index (χ3v) is 10.2. The fraction of sp³-hybridized carbons (Fsp3) is 0.852. The first kappa shape index (κ1) is 22.9. The Kier molecular flexibility index (Phi) is 5.84. The summed E-state index contributed by atoms with van der Waals surface area (Å²) in [5, 5.41) is 9.50. The Morgan fingerprint density at radius 3 is 2.19 bits per heavy atom. The first-order valence-corrected chi connectivity index (χ1v) is 12.8. The molecule has 0 radical (unpaired) electrons. The fourth-order valence-corrected chi connectivity index (χ4v) is 8.73. The molecule has 4 aliphatic carbocycles. The summed E-state index contributed by atoms with van der Waals surface area (Å²) in [6.45, 7) is 13.5. The highest BCUT2D eigenvalue weighted by Crippen LogP contribution is 2.67. The molecule has 1 amide bonds. The quantitative estimate of drug-likeness (QED) is 0.604. The van der Waals surface area contributed by atoms with Gasteiger partial charge < -0.3 is 10.0 Å². The van der Waals surface area contributed by atoms with Crippen LogP contribution in [0.25, 0.3) is 0 Å². The molecule has 4 nitrogen and oxygen atoms in total. The van der Waals surface area contributed by atoms with Gasteiger partial charge in [-0.3, -0.25) is 4.79 Å². The van der Waals surface area contributed by atoms with Crippen LogP contribution in [0.1, 0.15) is 92.9 Å². The van der Waals surface area contributed by atoms with E-state index in [1.54, 1.807) is 0 Å². The Bertz CT molecular complexity index is 762. The number of rotatable bonds is 4. The maximum absolute atomic E-state index is 13.7. The lowest BCUT2D eigenvalue weighted by Crippen LogP contribution is -2.54. The van der Waals surface area contributed by atoms with Gasteiger partial charge in [0.05, 0.1) is 0 Å². The van der Waals surface area contributed by atoms with Crippen LogP contribution < -0.4 is 0 Å². The van der Waals surface area contributed by atoms with Gasteiger partial charge in [-0.2, -0.15) is 0 Å². The molecule has 0 bridgehead atoms. The lowest BCUT2D eigenvalue weighted by atomic mass is 9.45. The van der Waals surface area contributed by atoms with Crippen LogP contribution in [0.5, 0.6) is 0 Å². The highest BCUT2D eigenvalue weighted by Gasteiger charge is 2.61. The van der Waals surface area contributed by atoms with Gasteiger partial charge in [0, 0.05) is 23.6 Å². The van der Waals surface area contributed by atoms with Gasteiger partial charge in [-0.15, -0.1) is 0 Å². The van der Waals surface area contributed by atoms with Crippen LogP contribution in [0.2, 0.25) is 0 Å². The topological polar surface area (TPSA) is 57.6 Å². The second kappa shape index (κ2) is 7.92. The molecule has 0 aliphatic heterocycles. The molecule has 1 N–H and O–H groups in total. The van der Waals surface area contributed by atoms with E-state index in [4.69, 9.17) is 0 Å². The van der Waals surface area contributed by atoms with Crippen LogP contribution in [0.15, 0.2) is 11.6 Å². The van der Waals surface area contributed by atoms with Crippen molar-refractivity contribution >= 4 is 11.9 Å². The molecule has 0 aromatic carbocycles. The predicted molar refractivity (Wildman–Crippen MR) is 123 cm³/mol. The number of carboxylic acid groups (broad SMARTS) is 1. The number of aliphatic carboxylic acids is 1. The number of hydrogen-bond donors (Lipinski definition) is 1. The van der Waals surface area contributed by atoms with Crippen molar-refractivity contribution in [2.24, 2.45) is 40.4 Å². The van der Waals surface area contributed by atoms with E-state index >= 15 is 0 Å². The summed E-state index contributed by atoms with van der Waals surface area (Å²) in [6.07, 6.45) is 10.7. The first-order valence-electron chi connectivity index (χ1n) is 12.8. The van der Waals surface area contributed by atoms with Crippen molar-refractivity contribution in [2.45, 2.75) is 105 Å². The molecule has 3 fully saturated rings. The Morgan fingerprint density at radius 1 is 0.935 bits per heavy atom. The van der Waals surface area contributed by atoms with Crippen LogP contribution in [0.3, 0.4) is 0 Å². The smallest absolute Gasteiger partial charge is 0.331 e. The minimum absolute atomic E-state index is 0.125. The average Bonchev–Trinajstić information content (AvgIpc) is 3.03. The van der Waals surface area contributed by atoms with Crippen molar-refractivity contribution in [2.75, 3.05) is 0 Å². The summed E-state index contributed by atoms with van der Waals surface area (Å²) in [4.78, 5) is 27.4. The zero-order chi connectivity index (χ0) is 22.7. The molecular weight excluding hydrogens is 386 g/mol. The lowest BCUT2D eigenvalue weighted by Gasteiger charge is -2.59. The van der Waals surface area contributed by atoms with Gasteiger partial charge in [0.25, 0.3) is 0 Å². The minimum atomic E-state index is -0.725. The largest absolute Gasteiger partial charge is 0.478 e. The summed E-state index contributed by atoms with van der Waals surface area (Å²) in [5.41, 5.74) is 0.989. The molecule has 0 aromatic heterocycles. The number of amides is 1. The Balaban J connectivity index is 1.58. The van der Waals surface area contributed by atoms with E-state index < -0.39 is 5.97 Å². The monoisotopic (exact) mass is 429 g/mol. The molecule has 0 saturated heterocycles. The van der Waals surface area contributed by atoms with Crippen LogP contribution in [-0.4, -0.2) is 34.0 Å². The summed E-state index contributed by atoms with van der Waals surface area (Å²) < 4.78 is 0. The Morgan fingerprint density at radius 2 is 1.58 bits per heavy atom. The number of carbonyl (C=O) groups excluding carboxylic acids is 1. The number of fused-ring (bicyclic) bond motifs is 5. The molecule has 174 valence electrons. The second-order valence-electron chi connectivity index (χ2n) is 12.2. The van der Waals surface area contributed by atoms with Gasteiger partial charge in [-0.1, -0.05) is 19.9 Å². The predicted octanol–water partition coefficient (Wildman–Crippen LogP) is 5.91. The molecule has 3 saturated carbocycles. The van der Waals surface area contributed by atoms with E-state index in [-0.39, 0.29) is 28.8 Å². The molecule has 3 unspecified atom stereocenters. The average molecular weight is 430 g/mol. The fourth-order valence-electron chi connectivity index (χ4n) is 8.73. The van der Waals surface area contributed by atoms with Gasteiger partial charge >= 0.3 is 5.97 Å². The van der Waals surface area contributed by atoms with E-state index in [9.17, 15) is 14.7 Å². The standard InChI is InChI=1S/C27H43NO3/c1-16(2)28(17(3)4)24(29)23-10-9-21-20-8-7-19-15-18(25(30)31)11-13-26(19,5)22(20)12-14-27(21,23)6/h15-17,19-23H,7-14H2,1-6H3,(H,30,31)/t19-,20?,21?,22?,23+,26-,27-/m0/s1. The second-order valence-corrected chi connectivity index (χ2v) is 12.2. The summed E-state index contributed by atoms with van der Waals surface area (Å²) in [6, 6.07) is 0.497. The molecular formula is C27H43NO3. The summed E-state index contributed by atoms with van der Waals surface area (Å²) in [5.74, 6) is 2.26. The molecule has 4 rings (SSSR count). The number of carboxylic acids is 1. The van der Waals surface area contributed by atoms with Gasteiger partial charge in [0.2, 0.25) is 5.91 Å². The molecule has 4 aliphatic rings. The van der Waals surface area contributed by atoms with Gasteiger partial charge in [-0.25, -0.2) is 4.79 Å². The maximum Gasteiger partial charge on any atom is 0.331 e. The molecule has 0 heterocycles. The highest BCUT2D eigenvalue weighted by molar-refractivity contribution is 5.86. The summed E-state index contributed by atoms with van der Waals surface area (Å²) in [7, 11) is 0. The van der Waals surface area contributed by atoms with Crippen molar-refractivity contribution < 1.29 is 14.7 Å². The van der Waals surface area contributed by atoms with E-state index in [0.29, 0.717) is 41.6 Å². The number of allylic oxidation sites excluding steroid dienone is 1. The van der Waals surface area contributed by atoms with E-state index in [1.165, 1.54) is 19.3 Å². The number of hydrogen-bond acceptors (Lipinski definition) is 2. The minimum Gasteiger partial charge on any atom is -0.478 e. The van der Waals surface area contributed by atoms with Crippen molar-refractivity contribution in [1.29, 1.82) is 0 Å². The molecule has 31 heavy (non-hydrogen) atoms. The van der Waals surface area contributed by atoms with Crippen LogP contribution in [0, 0.1) is 40.4 Å². The van der Waals surface area contributed by atoms with E-state index in [2.05, 4.69) is 52.5 Å². The molecule has 7 atom stereocenters. The van der Waals surface area contributed by atoms with Gasteiger partial charge in [0.1, 0.15) is 0 Å². The molecule has 0 spiro atoms. The maximum atomic E-state index is 13.7. The lowest BCUT2D eigenvalue weighted by molar-refractivity contribution is -0.148. The van der Waals surface area contributed by atoms with Gasteiger partial charge in [0.15, 0.2) is 0 Å². The van der Waals surface area contributed by atoms with Crippen LogP contribution >= 0.6 is 0 Å². The SMILES string of the molecule is CC(C)N(C(=O)[C@H]1CCC2C3CC[C@H]4C=C(C(=O)O)CC[C@]4(C)C3CC[C@@]21C)C(C)C. The van der Waals surface area contributed by atoms with Crippen molar-refractivity contribution in [3.63, 3.8) is 0 Å². The van der Waals surface area contributed by atoms with Crippen LogP contribution in [0.4, 0.5) is 0 Å². The van der Waals surface area contributed by atoms with E-state index in [1.807, 2.05) is 0 Å². The van der Waals surface area contributed by atoms with Crippen molar-refractivity contribution in [3.05, 3.63) is 11.6 Å². The third-order valence-electron chi connectivity index (χ3n) is 10.2. The molecule has 0 aromatic rings. The number of nitrogens with zero attached hydrogens (tertiary/aromatic N) is 1. The zero-order valence-electron chi connectivity index (χ0n) is 20.5. The van der Waals surface area contributed by atoms with Gasteiger partial charge in [-0.05, 0) is 114 Å². The Labute approximate surface area is 188 Å². The normalized spacial score (nSPS) is 41.9. The van der Waals surface area contributed by atoms with Crippen molar-refractivity contribution in [3.8, 4) is 0 Å². The first-order chi connectivity index (χ1) is 14.5.